The first-order chi connectivity index (χ1) is 7.69. The second-order valence-corrected chi connectivity index (χ2v) is 3.55. The summed E-state index contributed by atoms with van der Waals surface area (Å²) in [4.78, 5) is 13.7. The first-order valence-electron chi connectivity index (χ1n) is 5.27. The standard InChI is InChI=1S/C13H16N2O/c1-3-9-15(10-4-2)13(16)11-5-7-12(14)8-6-11/h1,5-8H,4,9-10,14H2,2H3. The molecule has 3 heteroatoms. The van der Waals surface area contributed by atoms with Gasteiger partial charge in [0.25, 0.3) is 5.91 Å². The SMILES string of the molecule is C#CCN(CCC)C(=O)c1ccc(N)cc1. The lowest BCUT2D eigenvalue weighted by Gasteiger charge is -2.19. The average Bonchev–Trinajstić information content (AvgIpc) is 2.29. The smallest absolute Gasteiger partial charge is 0.254 e. The predicted molar refractivity (Wildman–Crippen MR) is 65.9 cm³/mol. The minimum Gasteiger partial charge on any atom is -0.399 e. The van der Waals surface area contributed by atoms with Crippen molar-refractivity contribution >= 4 is 11.6 Å². The van der Waals surface area contributed by atoms with Crippen LogP contribution in [0.4, 0.5) is 5.69 Å². The minimum atomic E-state index is -0.0419. The highest BCUT2D eigenvalue weighted by Crippen LogP contribution is 2.08. The molecule has 0 saturated heterocycles. The molecule has 0 aliphatic carbocycles. The van der Waals surface area contributed by atoms with Gasteiger partial charge in [-0.05, 0) is 30.7 Å². The summed E-state index contributed by atoms with van der Waals surface area (Å²) in [5.74, 6) is 2.45. The fraction of sp³-hybridized carbons (Fsp3) is 0.308. The number of nitrogen functional groups attached to an aromatic ring is 1. The maximum Gasteiger partial charge on any atom is 0.254 e. The normalized spacial score (nSPS) is 9.50. The number of hydrogen-bond donors (Lipinski definition) is 1. The third-order valence-corrected chi connectivity index (χ3v) is 2.22. The van der Waals surface area contributed by atoms with Crippen LogP contribution in [-0.4, -0.2) is 23.9 Å². The topological polar surface area (TPSA) is 46.3 Å². The molecule has 0 atom stereocenters. The molecule has 0 unspecified atom stereocenters. The van der Waals surface area contributed by atoms with Crippen molar-refractivity contribution < 1.29 is 4.79 Å². The molecular weight excluding hydrogens is 200 g/mol. The summed E-state index contributed by atoms with van der Waals surface area (Å²) >= 11 is 0. The number of terminal acetylenes is 1. The third kappa shape index (κ3) is 3.03. The molecule has 84 valence electrons. The lowest BCUT2D eigenvalue weighted by Crippen LogP contribution is -2.32. The van der Waals surface area contributed by atoms with Crippen LogP contribution in [0.5, 0.6) is 0 Å². The molecule has 1 aromatic rings. The highest BCUT2D eigenvalue weighted by Gasteiger charge is 2.13. The number of nitrogens with zero attached hydrogens (tertiary/aromatic N) is 1. The van der Waals surface area contributed by atoms with Crippen molar-refractivity contribution in [3.05, 3.63) is 29.8 Å². The number of carbonyl (C=O) groups excluding carboxylic acids is 1. The van der Waals surface area contributed by atoms with Crippen molar-refractivity contribution in [1.29, 1.82) is 0 Å². The van der Waals surface area contributed by atoms with E-state index in [-0.39, 0.29) is 5.91 Å². The summed E-state index contributed by atoms with van der Waals surface area (Å²) in [6.45, 7) is 3.03. The van der Waals surface area contributed by atoms with E-state index >= 15 is 0 Å². The Morgan fingerprint density at radius 1 is 1.44 bits per heavy atom. The van der Waals surface area contributed by atoms with Gasteiger partial charge in [-0.15, -0.1) is 6.42 Å². The van der Waals surface area contributed by atoms with Gasteiger partial charge in [-0.2, -0.15) is 0 Å². The van der Waals surface area contributed by atoms with Gasteiger partial charge in [-0.25, -0.2) is 0 Å². The number of hydrogen-bond acceptors (Lipinski definition) is 2. The fourth-order valence-corrected chi connectivity index (χ4v) is 1.44. The van der Waals surface area contributed by atoms with E-state index in [1.807, 2.05) is 6.92 Å². The molecule has 2 N–H and O–H groups in total. The van der Waals surface area contributed by atoms with E-state index in [2.05, 4.69) is 5.92 Å². The number of anilines is 1. The van der Waals surface area contributed by atoms with E-state index in [0.717, 1.165) is 6.42 Å². The Labute approximate surface area is 96.2 Å². The van der Waals surface area contributed by atoms with Gasteiger partial charge in [-0.3, -0.25) is 4.79 Å². The zero-order valence-electron chi connectivity index (χ0n) is 9.44. The van der Waals surface area contributed by atoms with Gasteiger partial charge in [0.2, 0.25) is 0 Å². The number of rotatable bonds is 4. The molecule has 0 saturated carbocycles. The Morgan fingerprint density at radius 2 is 2.06 bits per heavy atom. The number of amides is 1. The molecule has 1 aromatic carbocycles. The minimum absolute atomic E-state index is 0.0419. The summed E-state index contributed by atoms with van der Waals surface area (Å²) in [6, 6.07) is 6.87. The predicted octanol–water partition coefficient (Wildman–Crippen LogP) is 1.75. The van der Waals surface area contributed by atoms with Gasteiger partial charge in [0, 0.05) is 17.8 Å². The molecule has 1 amide bonds. The van der Waals surface area contributed by atoms with E-state index in [9.17, 15) is 4.79 Å². The Hall–Kier alpha value is -1.95. The molecular formula is C13H16N2O. The van der Waals surface area contributed by atoms with Crippen molar-refractivity contribution in [1.82, 2.24) is 4.90 Å². The van der Waals surface area contributed by atoms with Crippen LogP contribution in [0.15, 0.2) is 24.3 Å². The molecule has 0 bridgehead atoms. The third-order valence-electron chi connectivity index (χ3n) is 2.22. The maximum atomic E-state index is 12.0. The van der Waals surface area contributed by atoms with Gasteiger partial charge in [0.05, 0.1) is 6.54 Å². The first kappa shape index (κ1) is 12.1. The summed E-state index contributed by atoms with van der Waals surface area (Å²) in [5.41, 5.74) is 6.83. The molecule has 0 aliphatic heterocycles. The van der Waals surface area contributed by atoms with Gasteiger partial charge >= 0.3 is 0 Å². The summed E-state index contributed by atoms with van der Waals surface area (Å²) < 4.78 is 0. The monoisotopic (exact) mass is 216 g/mol. The van der Waals surface area contributed by atoms with E-state index in [1.165, 1.54) is 0 Å². The van der Waals surface area contributed by atoms with Gasteiger partial charge in [-0.1, -0.05) is 12.8 Å². The number of carbonyl (C=O) groups is 1. The van der Waals surface area contributed by atoms with Gasteiger partial charge in [0.15, 0.2) is 0 Å². The largest absolute Gasteiger partial charge is 0.399 e. The summed E-state index contributed by atoms with van der Waals surface area (Å²) in [7, 11) is 0. The van der Waals surface area contributed by atoms with Crippen molar-refractivity contribution in [2.24, 2.45) is 0 Å². The molecule has 0 spiro atoms. The average molecular weight is 216 g/mol. The van der Waals surface area contributed by atoms with Crippen molar-refractivity contribution in [3.63, 3.8) is 0 Å². The van der Waals surface area contributed by atoms with Crippen LogP contribution in [0.1, 0.15) is 23.7 Å². The van der Waals surface area contributed by atoms with Crippen LogP contribution in [0.25, 0.3) is 0 Å². The second-order valence-electron chi connectivity index (χ2n) is 3.55. The quantitative estimate of drug-likeness (QED) is 0.615. The molecule has 0 fully saturated rings. The van der Waals surface area contributed by atoms with Crippen LogP contribution >= 0.6 is 0 Å². The van der Waals surface area contributed by atoms with Gasteiger partial charge < -0.3 is 10.6 Å². The van der Waals surface area contributed by atoms with Crippen LogP contribution < -0.4 is 5.73 Å². The van der Waals surface area contributed by atoms with E-state index < -0.39 is 0 Å². The van der Waals surface area contributed by atoms with Crippen molar-refractivity contribution in [2.45, 2.75) is 13.3 Å². The summed E-state index contributed by atoms with van der Waals surface area (Å²) in [5, 5.41) is 0. The second kappa shape index (κ2) is 5.82. The molecule has 0 aliphatic rings. The Morgan fingerprint density at radius 3 is 2.56 bits per heavy atom. The van der Waals surface area contributed by atoms with Gasteiger partial charge in [0.1, 0.15) is 0 Å². The molecule has 0 radical (unpaired) electrons. The molecule has 0 heterocycles. The number of benzene rings is 1. The molecule has 0 aromatic heterocycles. The van der Waals surface area contributed by atoms with Crippen LogP contribution in [-0.2, 0) is 0 Å². The Kier molecular flexibility index (Phi) is 4.41. The number of nitrogens with two attached hydrogens (primary N) is 1. The lowest BCUT2D eigenvalue weighted by molar-refractivity contribution is 0.0777. The fourth-order valence-electron chi connectivity index (χ4n) is 1.44. The van der Waals surface area contributed by atoms with E-state index in [4.69, 9.17) is 12.2 Å². The zero-order valence-corrected chi connectivity index (χ0v) is 9.44. The highest BCUT2D eigenvalue weighted by molar-refractivity contribution is 5.94. The molecule has 16 heavy (non-hydrogen) atoms. The first-order valence-corrected chi connectivity index (χ1v) is 5.27. The van der Waals surface area contributed by atoms with E-state index in [0.29, 0.717) is 24.3 Å². The van der Waals surface area contributed by atoms with Crippen LogP contribution in [0, 0.1) is 12.3 Å². The van der Waals surface area contributed by atoms with Crippen molar-refractivity contribution in [2.75, 3.05) is 18.8 Å². The van der Waals surface area contributed by atoms with Crippen molar-refractivity contribution in [3.8, 4) is 12.3 Å². The van der Waals surface area contributed by atoms with Crippen LogP contribution in [0.3, 0.4) is 0 Å². The van der Waals surface area contributed by atoms with E-state index in [1.54, 1.807) is 29.2 Å². The molecule has 1 rings (SSSR count). The Balaban J connectivity index is 2.82. The van der Waals surface area contributed by atoms with Crippen LogP contribution in [0.2, 0.25) is 0 Å². The molecule has 3 nitrogen and oxygen atoms in total. The lowest BCUT2D eigenvalue weighted by atomic mass is 10.2. The maximum absolute atomic E-state index is 12.0. The Bertz CT molecular complexity index is 389. The zero-order chi connectivity index (χ0) is 12.0. The highest BCUT2D eigenvalue weighted by atomic mass is 16.2. The summed E-state index contributed by atoms with van der Waals surface area (Å²) in [6.07, 6.45) is 6.13.